The zero-order valence-corrected chi connectivity index (χ0v) is 9.65. The Bertz CT molecular complexity index is 284. The van der Waals surface area contributed by atoms with E-state index >= 15 is 0 Å². The zero-order valence-electron chi connectivity index (χ0n) is 9.65. The fourth-order valence-electron chi connectivity index (χ4n) is 1.59. The number of imide groups is 1. The predicted octanol–water partition coefficient (Wildman–Crippen LogP) is -1.19. The Hall–Kier alpha value is -1.43. The number of rotatable bonds is 4. The van der Waals surface area contributed by atoms with Crippen LogP contribution in [0, 0.1) is 0 Å². The van der Waals surface area contributed by atoms with Gasteiger partial charge in [0, 0.05) is 13.1 Å². The summed E-state index contributed by atoms with van der Waals surface area (Å²) in [6, 6.07) is 0. The molecule has 1 rings (SSSR count). The minimum Gasteiger partial charge on any atom is -0.342 e. The van der Waals surface area contributed by atoms with Gasteiger partial charge in [0.25, 0.3) is 0 Å². The summed E-state index contributed by atoms with van der Waals surface area (Å²) >= 11 is 0. The average Bonchev–Trinajstić information content (AvgIpc) is 2.25. The monoisotopic (exact) mass is 227 g/mol. The van der Waals surface area contributed by atoms with Crippen LogP contribution < -0.4 is 5.32 Å². The van der Waals surface area contributed by atoms with Crippen molar-refractivity contribution in [1.82, 2.24) is 15.1 Å². The molecular formula is C10H17N3O3. The quantitative estimate of drug-likeness (QED) is 0.613. The number of carbonyl (C=O) groups excluding carboxylic acids is 3. The van der Waals surface area contributed by atoms with Crippen LogP contribution in [-0.4, -0.2) is 60.2 Å². The number of piperazine rings is 1. The lowest BCUT2D eigenvalue weighted by molar-refractivity contribution is -0.151. The highest BCUT2D eigenvalue weighted by atomic mass is 16.2. The van der Waals surface area contributed by atoms with Crippen LogP contribution in [0.5, 0.6) is 0 Å². The Balaban J connectivity index is 2.61. The minimum atomic E-state index is -0.336. The lowest BCUT2D eigenvalue weighted by Crippen LogP contribution is -2.55. The van der Waals surface area contributed by atoms with Crippen LogP contribution in [0.15, 0.2) is 0 Å². The lowest BCUT2D eigenvalue weighted by atomic mass is 10.3. The lowest BCUT2D eigenvalue weighted by Gasteiger charge is -2.27. The average molecular weight is 227 g/mol. The molecule has 90 valence electrons. The van der Waals surface area contributed by atoms with Crippen molar-refractivity contribution < 1.29 is 14.4 Å². The van der Waals surface area contributed by atoms with Crippen LogP contribution in [-0.2, 0) is 14.4 Å². The smallest absolute Gasteiger partial charge is 0.243 e. The van der Waals surface area contributed by atoms with Gasteiger partial charge in [-0.25, -0.2) is 0 Å². The molecule has 0 aliphatic carbocycles. The molecule has 1 heterocycles. The summed E-state index contributed by atoms with van der Waals surface area (Å²) in [5, 5.41) is 2.68. The maximum Gasteiger partial charge on any atom is 0.243 e. The van der Waals surface area contributed by atoms with Gasteiger partial charge in [-0.1, -0.05) is 0 Å². The van der Waals surface area contributed by atoms with Crippen molar-refractivity contribution >= 4 is 17.7 Å². The Morgan fingerprint density at radius 3 is 2.19 bits per heavy atom. The van der Waals surface area contributed by atoms with Crippen molar-refractivity contribution in [1.29, 1.82) is 0 Å². The third-order valence-electron chi connectivity index (χ3n) is 2.56. The Morgan fingerprint density at radius 1 is 1.25 bits per heavy atom. The molecule has 0 aromatic heterocycles. The third kappa shape index (κ3) is 2.79. The van der Waals surface area contributed by atoms with Gasteiger partial charge in [-0.2, -0.15) is 0 Å². The molecule has 1 aliphatic heterocycles. The summed E-state index contributed by atoms with van der Waals surface area (Å²) in [5.74, 6) is -0.859. The third-order valence-corrected chi connectivity index (χ3v) is 2.56. The van der Waals surface area contributed by atoms with Gasteiger partial charge < -0.3 is 4.90 Å². The summed E-state index contributed by atoms with van der Waals surface area (Å²) in [7, 11) is 0. The fraction of sp³-hybridized carbons (Fsp3) is 0.700. The first-order valence-electron chi connectivity index (χ1n) is 5.41. The van der Waals surface area contributed by atoms with E-state index in [0.717, 1.165) is 4.90 Å². The van der Waals surface area contributed by atoms with Crippen LogP contribution in [0.25, 0.3) is 0 Å². The molecule has 0 saturated carbocycles. The van der Waals surface area contributed by atoms with Gasteiger partial charge in [0.05, 0.1) is 13.1 Å². The molecule has 1 N–H and O–H groups in total. The molecule has 0 radical (unpaired) electrons. The highest BCUT2D eigenvalue weighted by molar-refractivity contribution is 6.02. The second kappa shape index (κ2) is 5.60. The zero-order chi connectivity index (χ0) is 12.1. The van der Waals surface area contributed by atoms with E-state index in [1.807, 2.05) is 13.8 Å². The predicted molar refractivity (Wildman–Crippen MR) is 57.5 cm³/mol. The van der Waals surface area contributed by atoms with Gasteiger partial charge in [-0.05, 0) is 13.8 Å². The van der Waals surface area contributed by atoms with Gasteiger partial charge in [0.2, 0.25) is 17.7 Å². The molecular weight excluding hydrogens is 210 g/mol. The van der Waals surface area contributed by atoms with E-state index in [1.54, 1.807) is 4.90 Å². The van der Waals surface area contributed by atoms with Crippen molar-refractivity contribution in [2.45, 2.75) is 13.8 Å². The van der Waals surface area contributed by atoms with Crippen molar-refractivity contribution in [3.05, 3.63) is 0 Å². The normalized spacial score (nSPS) is 16.5. The first kappa shape index (κ1) is 12.6. The first-order valence-corrected chi connectivity index (χ1v) is 5.41. The first-order chi connectivity index (χ1) is 7.60. The topological polar surface area (TPSA) is 69.7 Å². The van der Waals surface area contributed by atoms with Crippen molar-refractivity contribution in [3.8, 4) is 0 Å². The molecule has 0 aromatic carbocycles. The van der Waals surface area contributed by atoms with Crippen molar-refractivity contribution in [2.24, 2.45) is 0 Å². The fourth-order valence-corrected chi connectivity index (χ4v) is 1.59. The highest BCUT2D eigenvalue weighted by Crippen LogP contribution is 1.99. The van der Waals surface area contributed by atoms with E-state index in [-0.39, 0.29) is 37.4 Å². The molecule has 0 atom stereocenters. The van der Waals surface area contributed by atoms with Gasteiger partial charge in [-0.3, -0.25) is 24.6 Å². The standard InChI is InChI=1S/C10H17N3O3/c1-3-12(4-2)10(16)7-13-8(14)5-11-6-9(13)15/h11H,3-7H2,1-2H3. The Labute approximate surface area is 94.6 Å². The molecule has 0 bridgehead atoms. The van der Waals surface area contributed by atoms with E-state index in [9.17, 15) is 14.4 Å². The molecule has 1 fully saturated rings. The maximum atomic E-state index is 11.7. The summed E-state index contributed by atoms with van der Waals surface area (Å²) in [6.07, 6.45) is 0. The van der Waals surface area contributed by atoms with Crippen LogP contribution >= 0.6 is 0 Å². The van der Waals surface area contributed by atoms with Crippen LogP contribution in [0.3, 0.4) is 0 Å². The van der Waals surface area contributed by atoms with Gasteiger partial charge in [0.15, 0.2) is 0 Å². The number of hydrogen-bond acceptors (Lipinski definition) is 4. The van der Waals surface area contributed by atoms with Crippen molar-refractivity contribution in [2.75, 3.05) is 32.7 Å². The Kier molecular flexibility index (Phi) is 4.42. The number of carbonyl (C=O) groups is 3. The molecule has 3 amide bonds. The maximum absolute atomic E-state index is 11.7. The van der Waals surface area contributed by atoms with E-state index < -0.39 is 0 Å². The number of nitrogens with zero attached hydrogens (tertiary/aromatic N) is 2. The van der Waals surface area contributed by atoms with E-state index in [0.29, 0.717) is 13.1 Å². The van der Waals surface area contributed by atoms with Crippen LogP contribution in [0.2, 0.25) is 0 Å². The van der Waals surface area contributed by atoms with E-state index in [2.05, 4.69) is 5.32 Å². The SMILES string of the molecule is CCN(CC)C(=O)CN1C(=O)CNCC1=O. The van der Waals surface area contributed by atoms with Gasteiger partial charge in [-0.15, -0.1) is 0 Å². The highest BCUT2D eigenvalue weighted by Gasteiger charge is 2.28. The Morgan fingerprint density at radius 2 is 1.75 bits per heavy atom. The number of hydrogen-bond donors (Lipinski definition) is 1. The van der Waals surface area contributed by atoms with Gasteiger partial charge >= 0.3 is 0 Å². The summed E-state index contributed by atoms with van der Waals surface area (Å²) < 4.78 is 0. The molecule has 16 heavy (non-hydrogen) atoms. The second-order valence-corrected chi connectivity index (χ2v) is 3.54. The largest absolute Gasteiger partial charge is 0.342 e. The number of amides is 3. The molecule has 1 saturated heterocycles. The summed E-state index contributed by atoms with van der Waals surface area (Å²) in [4.78, 5) is 37.2. The molecule has 0 unspecified atom stereocenters. The van der Waals surface area contributed by atoms with E-state index in [1.165, 1.54) is 0 Å². The molecule has 6 nitrogen and oxygen atoms in total. The van der Waals surface area contributed by atoms with E-state index in [4.69, 9.17) is 0 Å². The molecule has 0 spiro atoms. The van der Waals surface area contributed by atoms with Crippen LogP contribution in [0.4, 0.5) is 0 Å². The summed E-state index contributed by atoms with van der Waals surface area (Å²) in [5.41, 5.74) is 0. The summed E-state index contributed by atoms with van der Waals surface area (Å²) in [6.45, 7) is 5.01. The van der Waals surface area contributed by atoms with Crippen LogP contribution in [0.1, 0.15) is 13.8 Å². The molecule has 6 heteroatoms. The minimum absolute atomic E-state index is 0.122. The second-order valence-electron chi connectivity index (χ2n) is 3.54. The number of likely N-dealkylation sites (N-methyl/N-ethyl adjacent to an activating group) is 1. The molecule has 0 aromatic rings. The molecule has 1 aliphatic rings. The van der Waals surface area contributed by atoms with Crippen molar-refractivity contribution in [3.63, 3.8) is 0 Å². The number of nitrogens with one attached hydrogen (secondary N) is 1. The van der Waals surface area contributed by atoms with Gasteiger partial charge in [0.1, 0.15) is 6.54 Å².